The van der Waals surface area contributed by atoms with Crippen LogP contribution in [0.25, 0.3) is 11.0 Å². The minimum Gasteiger partial charge on any atom is -0.399 e. The molecule has 92 valence electrons. The van der Waals surface area contributed by atoms with Crippen LogP contribution >= 0.6 is 11.8 Å². The van der Waals surface area contributed by atoms with Crippen LogP contribution in [0.1, 0.15) is 13.8 Å². The van der Waals surface area contributed by atoms with Crippen molar-refractivity contribution < 1.29 is 0 Å². The van der Waals surface area contributed by atoms with Gasteiger partial charge in [-0.3, -0.25) is 0 Å². The number of fused-ring (bicyclic) bond motifs is 1. The van der Waals surface area contributed by atoms with Crippen LogP contribution in [-0.2, 0) is 0 Å². The summed E-state index contributed by atoms with van der Waals surface area (Å²) in [5.41, 5.74) is 8.40. The van der Waals surface area contributed by atoms with E-state index < -0.39 is 0 Å². The number of rotatable bonds is 5. The summed E-state index contributed by atoms with van der Waals surface area (Å²) in [7, 11) is 0. The highest BCUT2D eigenvalue weighted by Crippen LogP contribution is 2.18. The second-order valence-electron chi connectivity index (χ2n) is 4.07. The molecule has 1 unspecified atom stereocenters. The molecule has 0 radical (unpaired) electrons. The van der Waals surface area contributed by atoms with E-state index >= 15 is 0 Å². The molecule has 0 aliphatic rings. The predicted molar refractivity (Wildman–Crippen MR) is 76.6 cm³/mol. The zero-order chi connectivity index (χ0) is 12.3. The molecule has 2 rings (SSSR count). The Morgan fingerprint density at radius 2 is 2.35 bits per heavy atom. The first-order valence-corrected chi connectivity index (χ1v) is 6.94. The monoisotopic (exact) mass is 250 g/mol. The number of aromatic nitrogens is 2. The van der Waals surface area contributed by atoms with Crippen LogP contribution in [0.2, 0.25) is 0 Å². The van der Waals surface area contributed by atoms with Crippen molar-refractivity contribution in [1.29, 1.82) is 0 Å². The van der Waals surface area contributed by atoms with Crippen LogP contribution in [0.3, 0.4) is 0 Å². The number of nitrogens with two attached hydrogens (primary N) is 1. The quantitative estimate of drug-likeness (QED) is 0.714. The third kappa shape index (κ3) is 3.06. The zero-order valence-electron chi connectivity index (χ0n) is 10.2. The van der Waals surface area contributed by atoms with Crippen LogP contribution in [0, 0.1) is 0 Å². The van der Waals surface area contributed by atoms with E-state index in [-0.39, 0.29) is 0 Å². The summed E-state index contributed by atoms with van der Waals surface area (Å²) < 4.78 is 0. The largest absolute Gasteiger partial charge is 0.399 e. The molecular formula is C12H18N4S. The number of nitrogen functional groups attached to an aromatic ring is 1. The second-order valence-corrected chi connectivity index (χ2v) is 5.39. The summed E-state index contributed by atoms with van der Waals surface area (Å²) in [5, 5.41) is 3.36. The van der Waals surface area contributed by atoms with E-state index in [2.05, 4.69) is 29.1 Å². The molecule has 0 amide bonds. The second kappa shape index (κ2) is 5.31. The molecular weight excluding hydrogens is 232 g/mol. The number of anilines is 2. The molecule has 0 fully saturated rings. The molecule has 5 heteroatoms. The van der Waals surface area contributed by atoms with Crippen LogP contribution in [0.15, 0.2) is 18.2 Å². The number of nitrogens with one attached hydrogen (secondary N) is 2. The molecule has 0 spiro atoms. The first-order valence-electron chi connectivity index (χ1n) is 5.78. The molecule has 0 saturated heterocycles. The summed E-state index contributed by atoms with van der Waals surface area (Å²) in [5.74, 6) is 3.04. The lowest BCUT2D eigenvalue weighted by molar-refractivity contribution is 0.896. The van der Waals surface area contributed by atoms with Gasteiger partial charge in [0.2, 0.25) is 5.95 Å². The van der Waals surface area contributed by atoms with Gasteiger partial charge in [0.25, 0.3) is 0 Å². The van der Waals surface area contributed by atoms with Gasteiger partial charge in [-0.2, -0.15) is 11.8 Å². The van der Waals surface area contributed by atoms with Gasteiger partial charge in [0.05, 0.1) is 11.0 Å². The lowest BCUT2D eigenvalue weighted by atomic mass is 10.3. The van der Waals surface area contributed by atoms with Crippen molar-refractivity contribution in [2.24, 2.45) is 0 Å². The topological polar surface area (TPSA) is 66.7 Å². The van der Waals surface area contributed by atoms with E-state index in [1.165, 1.54) is 0 Å². The van der Waals surface area contributed by atoms with Crippen molar-refractivity contribution in [3.05, 3.63) is 18.2 Å². The van der Waals surface area contributed by atoms with E-state index in [1.54, 1.807) is 0 Å². The molecule has 1 aromatic carbocycles. The molecule has 4 nitrogen and oxygen atoms in total. The third-order valence-electron chi connectivity index (χ3n) is 2.46. The number of benzene rings is 1. The highest BCUT2D eigenvalue weighted by molar-refractivity contribution is 7.99. The van der Waals surface area contributed by atoms with Crippen molar-refractivity contribution in [2.45, 2.75) is 19.9 Å². The Hall–Kier alpha value is -1.36. The molecule has 1 atom stereocenters. The van der Waals surface area contributed by atoms with Gasteiger partial charge in [0, 0.05) is 17.5 Å². The number of nitrogens with zero attached hydrogens (tertiary/aromatic N) is 1. The molecule has 0 saturated carbocycles. The van der Waals surface area contributed by atoms with Crippen molar-refractivity contribution in [1.82, 2.24) is 9.97 Å². The Kier molecular flexibility index (Phi) is 3.78. The van der Waals surface area contributed by atoms with Crippen molar-refractivity contribution >= 4 is 34.4 Å². The number of imidazole rings is 1. The third-order valence-corrected chi connectivity index (χ3v) is 3.60. The SMILES string of the molecule is CCSCC(C)Nc1nc2ccc(N)cc2[nH]1. The van der Waals surface area contributed by atoms with Crippen LogP contribution < -0.4 is 11.1 Å². The van der Waals surface area contributed by atoms with Gasteiger partial charge in [-0.15, -0.1) is 0 Å². The maximum absolute atomic E-state index is 5.73. The fraction of sp³-hybridized carbons (Fsp3) is 0.417. The number of thioether (sulfide) groups is 1. The predicted octanol–water partition coefficient (Wildman–Crippen LogP) is 2.70. The normalized spacial score (nSPS) is 12.8. The first kappa shape index (κ1) is 12.1. The van der Waals surface area contributed by atoms with Crippen LogP contribution in [0.5, 0.6) is 0 Å². The van der Waals surface area contributed by atoms with Gasteiger partial charge in [0.15, 0.2) is 0 Å². The number of H-pyrrole nitrogens is 1. The lowest BCUT2D eigenvalue weighted by Gasteiger charge is -2.11. The molecule has 17 heavy (non-hydrogen) atoms. The summed E-state index contributed by atoms with van der Waals surface area (Å²) in [6, 6.07) is 6.10. The van der Waals surface area contributed by atoms with Gasteiger partial charge >= 0.3 is 0 Å². The molecule has 0 bridgehead atoms. The van der Waals surface area contributed by atoms with Gasteiger partial charge in [-0.1, -0.05) is 6.92 Å². The van der Waals surface area contributed by atoms with Gasteiger partial charge in [-0.05, 0) is 30.9 Å². The minimum atomic E-state index is 0.401. The van der Waals surface area contributed by atoms with E-state index in [0.717, 1.165) is 34.2 Å². The van der Waals surface area contributed by atoms with E-state index in [9.17, 15) is 0 Å². The van der Waals surface area contributed by atoms with E-state index in [0.29, 0.717) is 6.04 Å². The molecule has 4 N–H and O–H groups in total. The average Bonchev–Trinajstić information content (AvgIpc) is 2.67. The maximum Gasteiger partial charge on any atom is 0.201 e. The van der Waals surface area contributed by atoms with Crippen LogP contribution in [-0.4, -0.2) is 27.5 Å². The van der Waals surface area contributed by atoms with Crippen molar-refractivity contribution in [3.8, 4) is 0 Å². The van der Waals surface area contributed by atoms with Crippen LogP contribution in [0.4, 0.5) is 11.6 Å². The lowest BCUT2D eigenvalue weighted by Crippen LogP contribution is -2.18. The molecule has 1 aromatic heterocycles. The number of hydrogen-bond acceptors (Lipinski definition) is 4. The summed E-state index contributed by atoms with van der Waals surface area (Å²) in [4.78, 5) is 7.70. The first-order chi connectivity index (χ1) is 8.19. The van der Waals surface area contributed by atoms with Gasteiger partial charge in [-0.25, -0.2) is 4.98 Å². The zero-order valence-corrected chi connectivity index (χ0v) is 11.0. The van der Waals surface area contributed by atoms with E-state index in [4.69, 9.17) is 5.73 Å². The molecule has 2 aromatic rings. The fourth-order valence-corrected chi connectivity index (χ4v) is 2.34. The summed E-state index contributed by atoms with van der Waals surface area (Å²) in [6.45, 7) is 4.32. The minimum absolute atomic E-state index is 0.401. The molecule has 0 aliphatic carbocycles. The average molecular weight is 250 g/mol. The Bertz CT molecular complexity index is 494. The van der Waals surface area contributed by atoms with E-state index in [1.807, 2.05) is 30.0 Å². The molecule has 1 heterocycles. The maximum atomic E-state index is 5.73. The Morgan fingerprint density at radius 3 is 3.12 bits per heavy atom. The summed E-state index contributed by atoms with van der Waals surface area (Å²) >= 11 is 1.92. The summed E-state index contributed by atoms with van der Waals surface area (Å²) in [6.07, 6.45) is 0. The fourth-order valence-electron chi connectivity index (χ4n) is 1.67. The highest BCUT2D eigenvalue weighted by Gasteiger charge is 2.06. The molecule has 0 aliphatic heterocycles. The number of aromatic amines is 1. The van der Waals surface area contributed by atoms with Gasteiger partial charge in [0.1, 0.15) is 0 Å². The Labute approximate surface area is 105 Å². The Balaban J connectivity index is 2.08. The smallest absolute Gasteiger partial charge is 0.201 e. The van der Waals surface area contributed by atoms with Crippen molar-refractivity contribution in [3.63, 3.8) is 0 Å². The number of hydrogen-bond donors (Lipinski definition) is 3. The highest BCUT2D eigenvalue weighted by atomic mass is 32.2. The van der Waals surface area contributed by atoms with Gasteiger partial charge < -0.3 is 16.0 Å². The standard InChI is InChI=1S/C12H18N4S/c1-3-17-7-8(2)14-12-15-10-5-4-9(13)6-11(10)16-12/h4-6,8H,3,7,13H2,1-2H3,(H2,14,15,16). The van der Waals surface area contributed by atoms with Crippen molar-refractivity contribution in [2.75, 3.05) is 22.6 Å². The Morgan fingerprint density at radius 1 is 1.53 bits per heavy atom.